The van der Waals surface area contributed by atoms with Crippen LogP contribution < -0.4 is 0 Å². The number of hydrogen-bond acceptors (Lipinski definition) is 4. The maximum atomic E-state index is 13.1. The van der Waals surface area contributed by atoms with E-state index in [2.05, 4.69) is 4.90 Å². The summed E-state index contributed by atoms with van der Waals surface area (Å²) in [5, 5.41) is 0. The highest BCUT2D eigenvalue weighted by molar-refractivity contribution is 7.89. The molecule has 3 rings (SSSR count). The number of halogens is 1. The van der Waals surface area contributed by atoms with E-state index in [0.717, 1.165) is 38.1 Å². The van der Waals surface area contributed by atoms with Gasteiger partial charge in [0.1, 0.15) is 5.82 Å². The first-order valence-corrected chi connectivity index (χ1v) is 11.1. The Balaban J connectivity index is 1.59. The van der Waals surface area contributed by atoms with Gasteiger partial charge in [0.05, 0.1) is 10.9 Å². The lowest BCUT2D eigenvalue weighted by Gasteiger charge is -2.38. The zero-order chi connectivity index (χ0) is 19.4. The Kier molecular flexibility index (Phi) is 6.49. The van der Waals surface area contributed by atoms with E-state index in [1.807, 2.05) is 11.8 Å². The number of amides is 1. The van der Waals surface area contributed by atoms with Crippen LogP contribution in [0.15, 0.2) is 29.2 Å². The Bertz CT molecular complexity index is 738. The van der Waals surface area contributed by atoms with Gasteiger partial charge in [-0.25, -0.2) is 12.8 Å². The minimum absolute atomic E-state index is 0.103. The van der Waals surface area contributed by atoms with Gasteiger partial charge in [0, 0.05) is 39.3 Å². The SMILES string of the molecule is C[C@@H](C(=O)N1CCCCCC1)N1CCN(S(=O)(=O)c2ccc(F)cc2)CC1. The van der Waals surface area contributed by atoms with E-state index in [-0.39, 0.29) is 16.8 Å². The molecule has 1 amide bonds. The van der Waals surface area contributed by atoms with Crippen LogP contribution in [0.2, 0.25) is 0 Å². The average Bonchev–Trinajstić information content (AvgIpc) is 2.97. The topological polar surface area (TPSA) is 60.9 Å². The molecule has 1 atom stereocenters. The Labute approximate surface area is 161 Å². The molecule has 0 unspecified atom stereocenters. The van der Waals surface area contributed by atoms with Crippen molar-refractivity contribution in [2.24, 2.45) is 0 Å². The quantitative estimate of drug-likeness (QED) is 0.779. The van der Waals surface area contributed by atoms with Crippen molar-refractivity contribution >= 4 is 15.9 Å². The average molecular weight is 398 g/mol. The molecule has 0 radical (unpaired) electrons. The van der Waals surface area contributed by atoms with Crippen molar-refractivity contribution in [2.45, 2.75) is 43.5 Å². The Morgan fingerprint density at radius 3 is 2.04 bits per heavy atom. The van der Waals surface area contributed by atoms with Crippen LogP contribution in [0.4, 0.5) is 4.39 Å². The summed E-state index contributed by atoms with van der Waals surface area (Å²) in [6.45, 7) is 5.25. The van der Waals surface area contributed by atoms with Crippen molar-refractivity contribution in [2.75, 3.05) is 39.3 Å². The highest BCUT2D eigenvalue weighted by Gasteiger charge is 2.33. The van der Waals surface area contributed by atoms with E-state index in [0.29, 0.717) is 26.2 Å². The van der Waals surface area contributed by atoms with Gasteiger partial charge in [0.25, 0.3) is 0 Å². The molecular weight excluding hydrogens is 369 g/mol. The van der Waals surface area contributed by atoms with E-state index in [1.54, 1.807) is 0 Å². The van der Waals surface area contributed by atoms with Gasteiger partial charge in [-0.05, 0) is 44.0 Å². The van der Waals surface area contributed by atoms with Crippen LogP contribution in [0.3, 0.4) is 0 Å². The fourth-order valence-corrected chi connectivity index (χ4v) is 5.22. The molecule has 6 nitrogen and oxygen atoms in total. The van der Waals surface area contributed by atoms with Crippen LogP contribution in [0.1, 0.15) is 32.6 Å². The Hall–Kier alpha value is -1.51. The number of hydrogen-bond donors (Lipinski definition) is 0. The third-order valence-electron chi connectivity index (χ3n) is 5.55. The van der Waals surface area contributed by atoms with E-state index in [1.165, 1.54) is 29.3 Å². The molecule has 0 N–H and O–H groups in total. The fraction of sp³-hybridized carbons (Fsp3) is 0.632. The van der Waals surface area contributed by atoms with E-state index in [4.69, 9.17) is 0 Å². The molecule has 0 aliphatic carbocycles. The van der Waals surface area contributed by atoms with Crippen LogP contribution in [0, 0.1) is 5.82 Å². The summed E-state index contributed by atoms with van der Waals surface area (Å²) in [6, 6.07) is 4.67. The van der Waals surface area contributed by atoms with Gasteiger partial charge in [-0.1, -0.05) is 12.8 Å². The third-order valence-corrected chi connectivity index (χ3v) is 7.46. The van der Waals surface area contributed by atoms with Crippen molar-refractivity contribution in [1.82, 2.24) is 14.1 Å². The molecular formula is C19H28FN3O3S. The molecule has 0 bridgehead atoms. The number of likely N-dealkylation sites (tertiary alicyclic amines) is 1. The molecule has 0 spiro atoms. The maximum absolute atomic E-state index is 13.1. The zero-order valence-electron chi connectivity index (χ0n) is 15.8. The number of piperazine rings is 1. The first-order chi connectivity index (χ1) is 12.9. The summed E-state index contributed by atoms with van der Waals surface area (Å²) in [4.78, 5) is 16.9. The summed E-state index contributed by atoms with van der Waals surface area (Å²) in [5.41, 5.74) is 0. The van der Waals surface area contributed by atoms with E-state index in [9.17, 15) is 17.6 Å². The molecule has 0 aromatic heterocycles. The summed E-state index contributed by atoms with van der Waals surface area (Å²) in [7, 11) is -3.63. The normalized spacial score (nSPS) is 21.6. The number of carbonyl (C=O) groups is 1. The van der Waals surface area contributed by atoms with Crippen molar-refractivity contribution in [3.8, 4) is 0 Å². The molecule has 150 valence electrons. The van der Waals surface area contributed by atoms with Gasteiger partial charge in [-0.2, -0.15) is 4.31 Å². The van der Waals surface area contributed by atoms with Crippen molar-refractivity contribution in [3.63, 3.8) is 0 Å². The molecule has 8 heteroatoms. The summed E-state index contributed by atoms with van der Waals surface area (Å²) < 4.78 is 39.9. The Morgan fingerprint density at radius 1 is 0.926 bits per heavy atom. The van der Waals surface area contributed by atoms with Gasteiger partial charge >= 0.3 is 0 Å². The van der Waals surface area contributed by atoms with Crippen LogP contribution >= 0.6 is 0 Å². The molecule has 1 aromatic rings. The number of carbonyl (C=O) groups excluding carboxylic acids is 1. The van der Waals surface area contributed by atoms with Crippen molar-refractivity contribution in [3.05, 3.63) is 30.1 Å². The first kappa shape index (κ1) is 20.2. The lowest BCUT2D eigenvalue weighted by molar-refractivity contribution is -0.136. The molecule has 2 heterocycles. The number of nitrogens with zero attached hydrogens (tertiary/aromatic N) is 3. The number of rotatable bonds is 4. The Morgan fingerprint density at radius 2 is 1.48 bits per heavy atom. The maximum Gasteiger partial charge on any atom is 0.243 e. The van der Waals surface area contributed by atoms with Gasteiger partial charge in [-0.15, -0.1) is 0 Å². The van der Waals surface area contributed by atoms with Crippen LogP contribution in [-0.2, 0) is 14.8 Å². The van der Waals surface area contributed by atoms with Crippen LogP contribution in [-0.4, -0.2) is 73.7 Å². The lowest BCUT2D eigenvalue weighted by atomic mass is 10.2. The molecule has 2 aliphatic rings. The standard InChI is InChI=1S/C19H28FN3O3S/c1-16(19(24)22-10-4-2-3-5-11-22)21-12-14-23(15-13-21)27(25,26)18-8-6-17(20)7-9-18/h6-9,16H,2-5,10-15H2,1H3/t16-/m0/s1. The van der Waals surface area contributed by atoms with Gasteiger partial charge in [-0.3, -0.25) is 9.69 Å². The van der Waals surface area contributed by atoms with Crippen molar-refractivity contribution < 1.29 is 17.6 Å². The molecule has 0 saturated carbocycles. The summed E-state index contributed by atoms with van der Waals surface area (Å²) in [5.74, 6) is -0.314. The van der Waals surface area contributed by atoms with Gasteiger partial charge < -0.3 is 4.90 Å². The number of benzene rings is 1. The van der Waals surface area contributed by atoms with Crippen molar-refractivity contribution in [1.29, 1.82) is 0 Å². The first-order valence-electron chi connectivity index (χ1n) is 9.68. The zero-order valence-corrected chi connectivity index (χ0v) is 16.6. The third kappa shape index (κ3) is 4.67. The summed E-state index contributed by atoms with van der Waals surface area (Å²) in [6.07, 6.45) is 4.47. The molecule has 1 aromatic carbocycles. The van der Waals surface area contributed by atoms with Crippen LogP contribution in [0.5, 0.6) is 0 Å². The predicted octanol–water partition coefficient (Wildman–Crippen LogP) is 1.92. The molecule has 27 heavy (non-hydrogen) atoms. The highest BCUT2D eigenvalue weighted by atomic mass is 32.2. The second-order valence-corrected chi connectivity index (χ2v) is 9.25. The highest BCUT2D eigenvalue weighted by Crippen LogP contribution is 2.20. The predicted molar refractivity (Wildman–Crippen MR) is 101 cm³/mol. The summed E-state index contributed by atoms with van der Waals surface area (Å²) >= 11 is 0. The monoisotopic (exact) mass is 397 g/mol. The smallest absolute Gasteiger partial charge is 0.243 e. The van der Waals surface area contributed by atoms with Gasteiger partial charge in [0.15, 0.2) is 0 Å². The molecule has 2 aliphatic heterocycles. The minimum atomic E-state index is -3.63. The fourth-order valence-electron chi connectivity index (χ4n) is 3.80. The van der Waals surface area contributed by atoms with Gasteiger partial charge in [0.2, 0.25) is 15.9 Å². The van der Waals surface area contributed by atoms with E-state index < -0.39 is 15.8 Å². The minimum Gasteiger partial charge on any atom is -0.341 e. The van der Waals surface area contributed by atoms with E-state index >= 15 is 0 Å². The largest absolute Gasteiger partial charge is 0.341 e. The number of sulfonamides is 1. The van der Waals surface area contributed by atoms with Crippen LogP contribution in [0.25, 0.3) is 0 Å². The second-order valence-electron chi connectivity index (χ2n) is 7.31. The molecule has 2 saturated heterocycles. The second kappa shape index (κ2) is 8.67. The molecule has 2 fully saturated rings. The lowest BCUT2D eigenvalue weighted by Crippen LogP contribution is -2.55.